The Morgan fingerprint density at radius 1 is 1.40 bits per heavy atom. The topological polar surface area (TPSA) is 57.6 Å². The summed E-state index contributed by atoms with van der Waals surface area (Å²) in [7, 11) is 0.957. The third kappa shape index (κ3) is 2.40. The van der Waals surface area contributed by atoms with Crippen molar-refractivity contribution in [1.29, 1.82) is 0 Å². The Hall–Kier alpha value is -1.27. The average molecular weight is 225 g/mol. The summed E-state index contributed by atoms with van der Waals surface area (Å²) in [5, 5.41) is 8.69. The van der Waals surface area contributed by atoms with Crippen LogP contribution in [0.3, 0.4) is 0 Å². The Kier molecular flexibility index (Phi) is 2.67. The van der Waals surface area contributed by atoms with Gasteiger partial charge in [-0.05, 0) is 12.8 Å². The number of rotatable bonds is 3. The predicted octanol–water partition coefficient (Wildman–Crippen LogP) is 0.872. The van der Waals surface area contributed by atoms with Crippen molar-refractivity contribution in [2.75, 3.05) is 13.6 Å². The molecule has 0 bridgehead atoms. The van der Waals surface area contributed by atoms with Crippen LogP contribution in [0, 0.1) is 5.41 Å². The van der Waals surface area contributed by atoms with Gasteiger partial charge in [0, 0.05) is 7.05 Å². The summed E-state index contributed by atoms with van der Waals surface area (Å²) in [5.41, 5.74) is -1.60. The molecular formula is C8H10F3NO3. The van der Waals surface area contributed by atoms with Gasteiger partial charge in [-0.25, -0.2) is 0 Å². The summed E-state index contributed by atoms with van der Waals surface area (Å²) < 4.78 is 35.8. The molecule has 1 rings (SSSR count). The van der Waals surface area contributed by atoms with E-state index in [1.54, 1.807) is 0 Å². The fraction of sp³-hybridized carbons (Fsp3) is 0.750. The molecule has 0 aliphatic heterocycles. The molecule has 0 aromatic carbocycles. The number of hydrogen-bond donors (Lipinski definition) is 1. The lowest BCUT2D eigenvalue weighted by molar-refractivity contribution is -0.167. The molecule has 0 saturated heterocycles. The Balaban J connectivity index is 2.66. The number of nitrogens with zero attached hydrogens (tertiary/aromatic N) is 1. The van der Waals surface area contributed by atoms with E-state index in [0.717, 1.165) is 7.05 Å². The van der Waals surface area contributed by atoms with Gasteiger partial charge in [0.2, 0.25) is 5.91 Å². The maximum absolute atomic E-state index is 11.9. The molecule has 0 heterocycles. The monoisotopic (exact) mass is 225 g/mol. The van der Waals surface area contributed by atoms with Crippen LogP contribution in [0.25, 0.3) is 0 Å². The van der Waals surface area contributed by atoms with E-state index in [-0.39, 0.29) is 12.8 Å². The molecule has 86 valence electrons. The van der Waals surface area contributed by atoms with Crippen LogP contribution in [0.5, 0.6) is 0 Å². The molecule has 1 aliphatic rings. The molecule has 1 saturated carbocycles. The van der Waals surface area contributed by atoms with E-state index >= 15 is 0 Å². The Bertz CT molecular complexity index is 296. The summed E-state index contributed by atoms with van der Waals surface area (Å²) >= 11 is 0. The van der Waals surface area contributed by atoms with Crippen molar-refractivity contribution in [3.8, 4) is 0 Å². The lowest BCUT2D eigenvalue weighted by Gasteiger charge is -2.22. The first-order valence-electron chi connectivity index (χ1n) is 4.25. The molecule has 1 fully saturated rings. The number of amides is 1. The second-order valence-electron chi connectivity index (χ2n) is 3.66. The highest BCUT2D eigenvalue weighted by molar-refractivity contribution is 6.04. The largest absolute Gasteiger partial charge is 0.480 e. The molecule has 1 amide bonds. The number of alkyl halides is 3. The standard InChI is InChI=1S/C8H10F3NO3/c1-12(4-8(9,10)11)5(13)7(2-3-7)6(14)15/h2-4H2,1H3,(H,14,15). The predicted molar refractivity (Wildman–Crippen MR) is 43.0 cm³/mol. The Morgan fingerprint density at radius 3 is 2.13 bits per heavy atom. The van der Waals surface area contributed by atoms with E-state index < -0.39 is 30.0 Å². The van der Waals surface area contributed by atoms with Gasteiger partial charge < -0.3 is 10.0 Å². The maximum atomic E-state index is 11.9. The summed E-state index contributed by atoms with van der Waals surface area (Å²) in [6.07, 6.45) is -4.27. The number of carbonyl (C=O) groups is 2. The summed E-state index contributed by atoms with van der Waals surface area (Å²) in [5.74, 6) is -2.31. The minimum Gasteiger partial charge on any atom is -0.480 e. The zero-order chi connectivity index (χ0) is 11.9. The van der Waals surface area contributed by atoms with Gasteiger partial charge in [0.1, 0.15) is 12.0 Å². The second-order valence-corrected chi connectivity index (χ2v) is 3.66. The number of carboxylic acid groups (broad SMARTS) is 1. The second kappa shape index (κ2) is 3.39. The molecule has 4 nitrogen and oxygen atoms in total. The lowest BCUT2D eigenvalue weighted by atomic mass is 10.1. The molecule has 0 aromatic heterocycles. The molecule has 0 aromatic rings. The smallest absolute Gasteiger partial charge is 0.406 e. The van der Waals surface area contributed by atoms with Crippen LogP contribution < -0.4 is 0 Å². The van der Waals surface area contributed by atoms with Crippen molar-refractivity contribution in [3.63, 3.8) is 0 Å². The van der Waals surface area contributed by atoms with Gasteiger partial charge >= 0.3 is 12.1 Å². The molecule has 0 unspecified atom stereocenters. The van der Waals surface area contributed by atoms with E-state index in [0.29, 0.717) is 4.90 Å². The minimum atomic E-state index is -4.50. The Morgan fingerprint density at radius 2 is 1.87 bits per heavy atom. The first-order chi connectivity index (χ1) is 6.69. The van der Waals surface area contributed by atoms with Crippen LogP contribution in [0.15, 0.2) is 0 Å². The van der Waals surface area contributed by atoms with Gasteiger partial charge in [0.25, 0.3) is 0 Å². The summed E-state index contributed by atoms with van der Waals surface area (Å²) in [6.45, 7) is -1.42. The van der Waals surface area contributed by atoms with Gasteiger partial charge in [0.15, 0.2) is 0 Å². The van der Waals surface area contributed by atoms with E-state index in [2.05, 4.69) is 0 Å². The number of carbonyl (C=O) groups excluding carboxylic acids is 1. The number of halogens is 3. The van der Waals surface area contributed by atoms with Crippen LogP contribution in [0.1, 0.15) is 12.8 Å². The first-order valence-corrected chi connectivity index (χ1v) is 4.25. The van der Waals surface area contributed by atoms with Gasteiger partial charge in [0.05, 0.1) is 0 Å². The van der Waals surface area contributed by atoms with E-state index in [1.807, 2.05) is 0 Å². The van der Waals surface area contributed by atoms with Gasteiger partial charge in [-0.2, -0.15) is 13.2 Å². The molecular weight excluding hydrogens is 215 g/mol. The Labute approximate surface area is 83.7 Å². The molecule has 0 atom stereocenters. The highest BCUT2D eigenvalue weighted by Crippen LogP contribution is 2.47. The van der Waals surface area contributed by atoms with Gasteiger partial charge in [-0.15, -0.1) is 0 Å². The lowest BCUT2D eigenvalue weighted by Crippen LogP contribution is -2.42. The molecule has 1 aliphatic carbocycles. The number of aliphatic carboxylic acids is 1. The number of hydrogen-bond acceptors (Lipinski definition) is 2. The van der Waals surface area contributed by atoms with Crippen molar-refractivity contribution in [2.45, 2.75) is 19.0 Å². The molecule has 0 radical (unpaired) electrons. The van der Waals surface area contributed by atoms with Crippen molar-refractivity contribution in [3.05, 3.63) is 0 Å². The van der Waals surface area contributed by atoms with Crippen molar-refractivity contribution < 1.29 is 27.9 Å². The fourth-order valence-corrected chi connectivity index (χ4v) is 1.35. The SMILES string of the molecule is CN(CC(F)(F)F)C(=O)C1(C(=O)O)CC1. The van der Waals surface area contributed by atoms with Crippen molar-refractivity contribution >= 4 is 11.9 Å². The quantitative estimate of drug-likeness (QED) is 0.725. The first kappa shape index (κ1) is 11.8. The zero-order valence-electron chi connectivity index (χ0n) is 7.97. The normalized spacial score (nSPS) is 18.4. The molecule has 0 spiro atoms. The van der Waals surface area contributed by atoms with Crippen LogP contribution in [-0.2, 0) is 9.59 Å². The van der Waals surface area contributed by atoms with E-state index in [9.17, 15) is 22.8 Å². The third-order valence-corrected chi connectivity index (χ3v) is 2.33. The van der Waals surface area contributed by atoms with Crippen LogP contribution in [0.4, 0.5) is 13.2 Å². The van der Waals surface area contributed by atoms with Crippen molar-refractivity contribution in [1.82, 2.24) is 4.90 Å². The third-order valence-electron chi connectivity index (χ3n) is 2.33. The average Bonchev–Trinajstić information content (AvgIpc) is 2.79. The fourth-order valence-electron chi connectivity index (χ4n) is 1.35. The number of carboxylic acids is 1. The van der Waals surface area contributed by atoms with Gasteiger partial charge in [-0.1, -0.05) is 0 Å². The van der Waals surface area contributed by atoms with Crippen LogP contribution in [0.2, 0.25) is 0 Å². The summed E-state index contributed by atoms with van der Waals surface area (Å²) in [4.78, 5) is 22.5. The van der Waals surface area contributed by atoms with Crippen molar-refractivity contribution in [2.24, 2.45) is 5.41 Å². The zero-order valence-corrected chi connectivity index (χ0v) is 7.97. The molecule has 15 heavy (non-hydrogen) atoms. The van der Waals surface area contributed by atoms with E-state index in [4.69, 9.17) is 5.11 Å². The van der Waals surface area contributed by atoms with E-state index in [1.165, 1.54) is 0 Å². The molecule has 7 heteroatoms. The van der Waals surface area contributed by atoms with Crippen LogP contribution >= 0.6 is 0 Å². The van der Waals surface area contributed by atoms with Crippen LogP contribution in [-0.4, -0.2) is 41.7 Å². The highest BCUT2D eigenvalue weighted by Gasteiger charge is 2.58. The summed E-state index contributed by atoms with van der Waals surface area (Å²) in [6, 6.07) is 0. The minimum absolute atomic E-state index is 0.114. The highest BCUT2D eigenvalue weighted by atomic mass is 19.4. The molecule has 1 N–H and O–H groups in total. The maximum Gasteiger partial charge on any atom is 0.406 e. The van der Waals surface area contributed by atoms with Gasteiger partial charge in [-0.3, -0.25) is 9.59 Å².